The van der Waals surface area contributed by atoms with Crippen LogP contribution in [0.25, 0.3) is 0 Å². The molecule has 162 valence electrons. The first-order chi connectivity index (χ1) is 13.2. The molecule has 0 bridgehead atoms. The van der Waals surface area contributed by atoms with Gasteiger partial charge in [0.1, 0.15) is 5.01 Å². The molecule has 4 N–H and O–H groups in total. The fourth-order valence-corrected chi connectivity index (χ4v) is 4.46. The van der Waals surface area contributed by atoms with Crippen LogP contribution in [0, 0.1) is 0 Å². The molecule has 15 heteroatoms. The van der Waals surface area contributed by atoms with Crippen molar-refractivity contribution in [2.24, 2.45) is 0 Å². The molecule has 29 heavy (non-hydrogen) atoms. The standard InChI is InChI=1S/C14H13F6N3O4S2/c1-6(12-21-10(14(18,19)20)9(28-12)11(24)22-25)23-29(26,27)8-4-2-7(3-5-8)13(15,16)17/h2-6,11,22-25H,1H3/t6-,11?/m1/s1. The molecule has 7 nitrogen and oxygen atoms in total. The second-order valence-electron chi connectivity index (χ2n) is 5.66. The highest BCUT2D eigenvalue weighted by atomic mass is 32.2. The molecule has 1 unspecified atom stereocenters. The number of thiazole rings is 1. The molecule has 0 saturated carbocycles. The van der Waals surface area contributed by atoms with Gasteiger partial charge in [-0.25, -0.2) is 18.1 Å². The number of hydrogen-bond acceptors (Lipinski definition) is 7. The SMILES string of the molecule is C[C@@H](NS(=O)(=O)c1ccc(C(F)(F)F)cc1)c1nc(C(F)(F)F)c(C(O)NO)s1. The van der Waals surface area contributed by atoms with Crippen LogP contribution in [0.1, 0.15) is 40.3 Å². The summed E-state index contributed by atoms with van der Waals surface area (Å²) in [5.74, 6) is 0. The number of aromatic nitrogens is 1. The normalized spacial score (nSPS) is 15.3. The average molecular weight is 465 g/mol. The van der Waals surface area contributed by atoms with Gasteiger partial charge in [-0.2, -0.15) is 31.8 Å². The Morgan fingerprint density at radius 3 is 2.07 bits per heavy atom. The van der Waals surface area contributed by atoms with E-state index < -0.39 is 60.7 Å². The van der Waals surface area contributed by atoms with Crippen molar-refractivity contribution >= 4 is 21.4 Å². The minimum Gasteiger partial charge on any atom is -0.371 e. The maximum atomic E-state index is 13.1. The summed E-state index contributed by atoms with van der Waals surface area (Å²) in [7, 11) is -4.39. The minimum absolute atomic E-state index is 0.290. The number of hydroxylamine groups is 1. The Morgan fingerprint density at radius 1 is 1.07 bits per heavy atom. The first-order valence-electron chi connectivity index (χ1n) is 7.52. The van der Waals surface area contributed by atoms with Crippen LogP contribution in [0.2, 0.25) is 0 Å². The fraction of sp³-hybridized carbons (Fsp3) is 0.357. The molecule has 0 aliphatic carbocycles. The highest BCUT2D eigenvalue weighted by Crippen LogP contribution is 2.38. The van der Waals surface area contributed by atoms with Gasteiger partial charge < -0.3 is 10.3 Å². The zero-order valence-corrected chi connectivity index (χ0v) is 15.8. The number of nitrogens with zero attached hydrogens (tertiary/aromatic N) is 1. The number of rotatable bonds is 6. The first kappa shape index (κ1) is 23.5. The summed E-state index contributed by atoms with van der Waals surface area (Å²) in [6, 6.07) is 1.17. The number of hydrogen-bond donors (Lipinski definition) is 4. The third-order valence-corrected chi connectivity index (χ3v) is 6.35. The van der Waals surface area contributed by atoms with E-state index in [1.54, 1.807) is 0 Å². The largest absolute Gasteiger partial charge is 0.434 e. The smallest absolute Gasteiger partial charge is 0.371 e. The summed E-state index contributed by atoms with van der Waals surface area (Å²) in [6.45, 7) is 1.16. The molecule has 1 aromatic carbocycles. The van der Waals surface area contributed by atoms with Gasteiger partial charge in [-0.1, -0.05) is 0 Å². The lowest BCUT2D eigenvalue weighted by atomic mass is 10.2. The van der Waals surface area contributed by atoms with E-state index in [2.05, 4.69) is 4.98 Å². The van der Waals surface area contributed by atoms with Crippen molar-refractivity contribution in [2.75, 3.05) is 0 Å². The number of benzene rings is 1. The maximum absolute atomic E-state index is 13.1. The molecule has 1 heterocycles. The van der Waals surface area contributed by atoms with Crippen LogP contribution in [-0.2, 0) is 22.4 Å². The van der Waals surface area contributed by atoms with Crippen LogP contribution in [0.3, 0.4) is 0 Å². The summed E-state index contributed by atoms with van der Waals surface area (Å²) in [6.07, 6.45) is -11.8. The zero-order valence-electron chi connectivity index (χ0n) is 14.2. The van der Waals surface area contributed by atoms with Crippen LogP contribution in [0.5, 0.6) is 0 Å². The Morgan fingerprint density at radius 2 is 1.62 bits per heavy atom. The number of alkyl halides is 6. The fourth-order valence-electron chi connectivity index (χ4n) is 2.16. The van der Waals surface area contributed by atoms with Crippen molar-refractivity contribution in [1.29, 1.82) is 0 Å². The lowest BCUT2D eigenvalue weighted by Crippen LogP contribution is -2.27. The molecule has 2 atom stereocenters. The monoisotopic (exact) mass is 465 g/mol. The predicted molar refractivity (Wildman–Crippen MR) is 87.2 cm³/mol. The highest BCUT2D eigenvalue weighted by Gasteiger charge is 2.40. The van der Waals surface area contributed by atoms with Crippen molar-refractivity contribution in [3.8, 4) is 0 Å². The molecule has 2 aromatic rings. The first-order valence-corrected chi connectivity index (χ1v) is 9.82. The van der Waals surface area contributed by atoms with E-state index in [0.717, 1.165) is 6.92 Å². The van der Waals surface area contributed by atoms with E-state index in [-0.39, 0.29) is 11.3 Å². The Hall–Kier alpha value is -1.78. The van der Waals surface area contributed by atoms with Gasteiger partial charge in [0.25, 0.3) is 0 Å². The number of halogens is 6. The van der Waals surface area contributed by atoms with Crippen LogP contribution in [-0.4, -0.2) is 23.7 Å². The topological polar surface area (TPSA) is 112 Å². The third-order valence-electron chi connectivity index (χ3n) is 3.50. The van der Waals surface area contributed by atoms with Gasteiger partial charge in [-0.05, 0) is 31.2 Å². The van der Waals surface area contributed by atoms with Crippen LogP contribution < -0.4 is 10.2 Å². The summed E-state index contributed by atoms with van der Waals surface area (Å²) in [5.41, 5.74) is -1.36. The quantitative estimate of drug-likeness (QED) is 0.296. The Labute approximate surface area is 164 Å². The summed E-state index contributed by atoms with van der Waals surface area (Å²) >= 11 is 0.290. The summed E-state index contributed by atoms with van der Waals surface area (Å²) in [4.78, 5) is 1.95. The predicted octanol–water partition coefficient (Wildman–Crippen LogP) is 3.19. The van der Waals surface area contributed by atoms with E-state index in [4.69, 9.17) is 5.21 Å². The van der Waals surface area contributed by atoms with Crippen LogP contribution in [0.15, 0.2) is 29.2 Å². The van der Waals surface area contributed by atoms with Crippen molar-refractivity contribution in [3.05, 3.63) is 45.4 Å². The van der Waals surface area contributed by atoms with Gasteiger partial charge in [0.2, 0.25) is 10.0 Å². The van der Waals surface area contributed by atoms with Crippen molar-refractivity contribution < 1.29 is 45.1 Å². The molecule has 2 rings (SSSR count). The van der Waals surface area contributed by atoms with Gasteiger partial charge in [0.15, 0.2) is 11.9 Å². The molecule has 0 amide bonds. The second kappa shape index (κ2) is 8.16. The van der Waals surface area contributed by atoms with Gasteiger partial charge >= 0.3 is 12.4 Å². The molecule has 0 saturated heterocycles. The Kier molecular flexibility index (Phi) is 6.61. The van der Waals surface area contributed by atoms with Crippen LogP contribution >= 0.6 is 11.3 Å². The number of nitrogens with one attached hydrogen (secondary N) is 2. The summed E-state index contributed by atoms with van der Waals surface area (Å²) in [5, 5.41) is 17.7. The van der Waals surface area contributed by atoms with E-state index in [1.807, 2.05) is 4.72 Å². The lowest BCUT2D eigenvalue weighted by molar-refractivity contribution is -0.143. The van der Waals surface area contributed by atoms with E-state index in [9.17, 15) is 39.9 Å². The van der Waals surface area contributed by atoms with Gasteiger partial charge in [-0.15, -0.1) is 11.3 Å². The van der Waals surface area contributed by atoms with Crippen molar-refractivity contribution in [3.63, 3.8) is 0 Å². The minimum atomic E-state index is -4.99. The molecule has 0 fully saturated rings. The third kappa shape index (κ3) is 5.43. The lowest BCUT2D eigenvalue weighted by Gasteiger charge is -2.13. The molecule has 0 radical (unpaired) electrons. The molecule has 1 aromatic heterocycles. The van der Waals surface area contributed by atoms with Gasteiger partial charge in [0, 0.05) is 0 Å². The molecular weight excluding hydrogens is 452 g/mol. The van der Waals surface area contributed by atoms with Crippen molar-refractivity contribution in [2.45, 2.75) is 36.4 Å². The molecular formula is C14H13F6N3O4S2. The number of aliphatic hydroxyl groups excluding tert-OH is 1. The maximum Gasteiger partial charge on any atom is 0.434 e. The van der Waals surface area contributed by atoms with E-state index in [1.165, 1.54) is 5.48 Å². The van der Waals surface area contributed by atoms with E-state index >= 15 is 0 Å². The second-order valence-corrected chi connectivity index (χ2v) is 8.44. The summed E-state index contributed by atoms with van der Waals surface area (Å²) < 4.78 is 104. The van der Waals surface area contributed by atoms with Gasteiger partial charge in [0.05, 0.1) is 21.4 Å². The highest BCUT2D eigenvalue weighted by molar-refractivity contribution is 7.89. The molecule has 0 aliphatic rings. The van der Waals surface area contributed by atoms with Crippen LogP contribution in [0.4, 0.5) is 26.3 Å². The van der Waals surface area contributed by atoms with Crippen molar-refractivity contribution in [1.82, 2.24) is 15.2 Å². The van der Waals surface area contributed by atoms with Gasteiger partial charge in [-0.3, -0.25) is 0 Å². The molecule has 0 spiro atoms. The number of sulfonamides is 1. The molecule has 0 aliphatic heterocycles. The Balaban J connectivity index is 2.31. The zero-order chi connectivity index (χ0) is 22.2. The Bertz CT molecular complexity index is 957. The number of aliphatic hydroxyl groups is 1. The van der Waals surface area contributed by atoms with E-state index in [0.29, 0.717) is 24.3 Å². The average Bonchev–Trinajstić information content (AvgIpc) is 3.06.